The summed E-state index contributed by atoms with van der Waals surface area (Å²) in [5.41, 5.74) is 0.213. The summed E-state index contributed by atoms with van der Waals surface area (Å²) < 4.78 is 25.9. The highest BCUT2D eigenvalue weighted by atomic mass is 35.5. The smallest absolute Gasteiger partial charge is 0.333 e. The van der Waals surface area contributed by atoms with Crippen molar-refractivity contribution in [3.63, 3.8) is 0 Å². The number of hydrogen-bond acceptors (Lipinski definition) is 8. The van der Waals surface area contributed by atoms with Gasteiger partial charge in [-0.25, -0.2) is 4.79 Å². The van der Waals surface area contributed by atoms with Crippen molar-refractivity contribution >= 4 is 29.1 Å². The molecule has 1 N–H and O–H groups in total. The summed E-state index contributed by atoms with van der Waals surface area (Å²) in [6.45, 7) is 15.7. The number of methoxy groups -OCH3 is 1. The monoisotopic (exact) mass is 678 g/mol. The van der Waals surface area contributed by atoms with E-state index in [1.165, 1.54) is 18.3 Å². The van der Waals surface area contributed by atoms with Gasteiger partial charge in [-0.05, 0) is 93.9 Å². The molecule has 1 aromatic carbocycles. The van der Waals surface area contributed by atoms with Crippen molar-refractivity contribution in [2.24, 2.45) is 11.8 Å². The van der Waals surface area contributed by atoms with Gasteiger partial charge in [0.1, 0.15) is 28.4 Å². The third-order valence-electron chi connectivity index (χ3n) is 12.1. The summed E-state index contributed by atoms with van der Waals surface area (Å²) >= 11 is 6.79. The molecule has 8 nitrogen and oxygen atoms in total. The first-order valence-electron chi connectivity index (χ1n) is 17.2. The normalized spacial score (nSPS) is 34.0. The minimum Gasteiger partial charge on any atom is -0.507 e. The highest BCUT2D eigenvalue weighted by Crippen LogP contribution is 2.69. The number of allylic oxidation sites excluding steroid dienone is 3. The number of carbonyl (C=O) groups is 3. The summed E-state index contributed by atoms with van der Waals surface area (Å²) in [4.78, 5) is 41.4. The summed E-state index contributed by atoms with van der Waals surface area (Å²) in [7, 11) is 1.31. The van der Waals surface area contributed by atoms with Gasteiger partial charge < -0.3 is 24.1 Å². The lowest BCUT2D eigenvalue weighted by molar-refractivity contribution is -0.171. The van der Waals surface area contributed by atoms with Gasteiger partial charge in [0.2, 0.25) is 0 Å². The third-order valence-corrected chi connectivity index (χ3v) is 12.3. The Bertz CT molecular complexity index is 1770. The van der Waals surface area contributed by atoms with Crippen LogP contribution in [-0.2, 0) is 25.5 Å². The number of aromatic hydroxyl groups is 1. The van der Waals surface area contributed by atoms with E-state index < -0.39 is 39.2 Å². The largest absolute Gasteiger partial charge is 0.507 e. The van der Waals surface area contributed by atoms with Crippen molar-refractivity contribution < 1.29 is 38.4 Å². The number of fused-ring (bicyclic) bond motifs is 5. The Kier molecular flexibility index (Phi) is 7.28. The third kappa shape index (κ3) is 4.40. The summed E-state index contributed by atoms with van der Waals surface area (Å²) in [6.07, 6.45) is 7.23. The van der Waals surface area contributed by atoms with Crippen LogP contribution in [0.1, 0.15) is 121 Å². The minimum atomic E-state index is -1.58. The van der Waals surface area contributed by atoms with Crippen LogP contribution in [0.5, 0.6) is 17.2 Å². The maximum Gasteiger partial charge on any atom is 0.333 e. The van der Waals surface area contributed by atoms with Crippen molar-refractivity contribution in [3.8, 4) is 17.2 Å². The molecule has 6 unspecified atom stereocenters. The average Bonchev–Trinajstić information content (AvgIpc) is 3.15. The first-order chi connectivity index (χ1) is 22.3. The highest BCUT2D eigenvalue weighted by molar-refractivity contribution is 6.23. The molecule has 0 radical (unpaired) electrons. The first kappa shape index (κ1) is 33.4. The molecule has 1 spiro atoms. The van der Waals surface area contributed by atoms with E-state index in [-0.39, 0.29) is 46.9 Å². The number of esters is 1. The van der Waals surface area contributed by atoms with Crippen LogP contribution in [0.25, 0.3) is 0 Å². The maximum atomic E-state index is 15.1. The number of ketones is 2. The van der Waals surface area contributed by atoms with Crippen LogP contribution >= 0.6 is 11.6 Å². The van der Waals surface area contributed by atoms with E-state index in [0.717, 1.165) is 12.8 Å². The summed E-state index contributed by atoms with van der Waals surface area (Å²) in [5.74, 6) is -1.38. The van der Waals surface area contributed by atoms with E-state index >= 15 is 4.79 Å². The molecule has 258 valence electrons. The Labute approximate surface area is 287 Å². The predicted octanol–water partition coefficient (Wildman–Crippen LogP) is 7.61. The molecule has 48 heavy (non-hydrogen) atoms. The quantitative estimate of drug-likeness (QED) is 0.142. The Balaban J connectivity index is 1.51. The maximum absolute atomic E-state index is 15.1. The van der Waals surface area contributed by atoms with Gasteiger partial charge in [-0.2, -0.15) is 0 Å². The van der Waals surface area contributed by atoms with E-state index in [4.69, 9.17) is 30.5 Å². The number of phenolic OH excluding ortho intramolecular Hbond substituents is 1. The number of benzene rings is 1. The van der Waals surface area contributed by atoms with E-state index in [1.807, 2.05) is 27.7 Å². The predicted molar refractivity (Wildman–Crippen MR) is 181 cm³/mol. The van der Waals surface area contributed by atoms with Crippen LogP contribution in [-0.4, -0.2) is 57.0 Å². The Morgan fingerprint density at radius 2 is 1.85 bits per heavy atom. The van der Waals surface area contributed by atoms with Gasteiger partial charge in [0.25, 0.3) is 0 Å². The SMILES string of the molecule is COC(=O)/C(C)=C\CC12OC(C)(C)C3CC(C=C4C(=O)c5c(O)c6c(c(CCC(C)(C)Cl)c5OC431)OC1(C)CCC(=C(C)C)C6C1)C2=O. The molecule has 3 heterocycles. The van der Waals surface area contributed by atoms with Crippen molar-refractivity contribution in [3.05, 3.63) is 51.1 Å². The van der Waals surface area contributed by atoms with Crippen LogP contribution in [0.2, 0.25) is 0 Å². The van der Waals surface area contributed by atoms with Gasteiger partial charge in [-0.15, -0.1) is 11.6 Å². The molecule has 6 atom stereocenters. The summed E-state index contributed by atoms with van der Waals surface area (Å²) in [5, 5.41) is 12.3. The number of Topliss-reactive ketones (excluding diaryl/α,β-unsaturated/α-hetero) is 2. The zero-order valence-electron chi connectivity index (χ0n) is 29.5. The van der Waals surface area contributed by atoms with Gasteiger partial charge in [0.15, 0.2) is 22.8 Å². The minimum absolute atomic E-state index is 0.0185. The lowest BCUT2D eigenvalue weighted by Gasteiger charge is -2.56. The fourth-order valence-electron chi connectivity index (χ4n) is 9.79. The first-order valence-corrected chi connectivity index (χ1v) is 17.6. The Morgan fingerprint density at radius 1 is 1.15 bits per heavy atom. The summed E-state index contributed by atoms with van der Waals surface area (Å²) in [6, 6.07) is 0. The van der Waals surface area contributed by atoms with Crippen molar-refractivity contribution in [1.82, 2.24) is 0 Å². The van der Waals surface area contributed by atoms with E-state index in [0.29, 0.717) is 53.7 Å². The molecule has 3 fully saturated rings. The van der Waals surface area contributed by atoms with Crippen molar-refractivity contribution in [2.75, 3.05) is 7.11 Å². The number of phenols is 1. The molecule has 1 saturated heterocycles. The molecular weight excluding hydrogens is 632 g/mol. The van der Waals surface area contributed by atoms with Gasteiger partial charge in [0, 0.05) is 51.3 Å². The molecule has 4 aliphatic carbocycles. The van der Waals surface area contributed by atoms with E-state index in [1.54, 1.807) is 19.1 Å². The molecule has 0 amide bonds. The molecule has 9 heteroatoms. The van der Waals surface area contributed by atoms with Crippen LogP contribution in [0.3, 0.4) is 0 Å². The zero-order chi connectivity index (χ0) is 34.9. The van der Waals surface area contributed by atoms with E-state index in [9.17, 15) is 14.7 Å². The van der Waals surface area contributed by atoms with Gasteiger partial charge in [-0.3, -0.25) is 9.59 Å². The topological polar surface area (TPSA) is 108 Å². The zero-order valence-corrected chi connectivity index (χ0v) is 30.3. The lowest BCUT2D eigenvalue weighted by Crippen LogP contribution is -2.72. The number of hydrogen-bond donors (Lipinski definition) is 1. The average molecular weight is 679 g/mol. The number of alkyl halides is 1. The Morgan fingerprint density at radius 3 is 2.50 bits per heavy atom. The van der Waals surface area contributed by atoms with Crippen molar-refractivity contribution in [1.29, 1.82) is 0 Å². The molecule has 2 saturated carbocycles. The van der Waals surface area contributed by atoms with E-state index in [2.05, 4.69) is 20.8 Å². The standard InChI is InChI=1S/C39H47ClO8/c1-19(2)22-12-14-37(8)18-24(22)27-30(42)28-29(41)25-16-21-17-26-36(6,7)48-38(33(21)43,15-10-20(3)34(44)45-9)39(25,26)47-32(28)23(31(27)46-37)11-13-35(4,5)40/h10,16,21,24,26,42H,11-15,17-18H2,1-9H3/b20-10-. The highest BCUT2D eigenvalue weighted by Gasteiger charge is 2.81. The van der Waals surface area contributed by atoms with Crippen LogP contribution in [0, 0.1) is 11.8 Å². The number of carbonyl (C=O) groups excluding carboxylic acids is 3. The fraction of sp³-hybridized carbons (Fsp3) is 0.615. The van der Waals surface area contributed by atoms with Gasteiger partial charge in [-0.1, -0.05) is 23.3 Å². The molecule has 3 aliphatic heterocycles. The molecular formula is C39H47ClO8. The second-order valence-electron chi connectivity index (χ2n) is 16.4. The molecule has 1 aromatic rings. The molecule has 7 aliphatic rings. The van der Waals surface area contributed by atoms with Gasteiger partial charge in [0.05, 0.1) is 12.7 Å². The van der Waals surface area contributed by atoms with Crippen LogP contribution < -0.4 is 9.47 Å². The lowest BCUT2D eigenvalue weighted by atomic mass is 9.51. The van der Waals surface area contributed by atoms with Crippen LogP contribution in [0.15, 0.2) is 34.4 Å². The molecule has 8 rings (SSSR count). The second kappa shape index (κ2) is 10.5. The number of ether oxygens (including phenoxy) is 4. The van der Waals surface area contributed by atoms with Crippen LogP contribution in [0.4, 0.5) is 0 Å². The molecule has 6 bridgehead atoms. The van der Waals surface area contributed by atoms with Crippen molar-refractivity contribution in [2.45, 2.75) is 134 Å². The van der Waals surface area contributed by atoms with Gasteiger partial charge >= 0.3 is 5.97 Å². The second-order valence-corrected chi connectivity index (χ2v) is 17.5. The Hall–Kier alpha value is -3.10. The molecule has 0 aromatic heterocycles. The fourth-order valence-corrected chi connectivity index (χ4v) is 9.89. The number of rotatable bonds is 6. The number of halogens is 1.